The molecule has 0 saturated carbocycles. The van der Waals surface area contributed by atoms with Crippen molar-refractivity contribution in [1.29, 1.82) is 0 Å². The molecule has 0 N–H and O–H groups in total. The summed E-state index contributed by atoms with van der Waals surface area (Å²) in [5.74, 6) is -0.437. The van der Waals surface area contributed by atoms with Crippen molar-refractivity contribution in [3.05, 3.63) is 66.2 Å². The van der Waals surface area contributed by atoms with Crippen molar-refractivity contribution >= 4 is 18.4 Å². The maximum atomic E-state index is 13.3. The van der Waals surface area contributed by atoms with Gasteiger partial charge in [0.2, 0.25) is 0 Å². The van der Waals surface area contributed by atoms with Crippen LogP contribution in [-0.4, -0.2) is 19.2 Å². The van der Waals surface area contributed by atoms with Gasteiger partial charge >= 0.3 is 5.97 Å². The molecule has 0 fully saturated rings. The molecular formula is C16H17O3P. The van der Waals surface area contributed by atoms with E-state index in [2.05, 4.69) is 0 Å². The van der Waals surface area contributed by atoms with Gasteiger partial charge in [-0.05, 0) is 5.56 Å². The van der Waals surface area contributed by atoms with Crippen LogP contribution >= 0.6 is 7.14 Å². The molecule has 0 aliphatic carbocycles. The SMILES string of the molecule is COC(=O)CP(=O)(Cc1ccccc1)c1ccccc1. The van der Waals surface area contributed by atoms with Crippen LogP contribution in [0.25, 0.3) is 0 Å². The lowest BCUT2D eigenvalue weighted by Crippen LogP contribution is -2.16. The van der Waals surface area contributed by atoms with Gasteiger partial charge in [0.15, 0.2) is 0 Å². The second kappa shape index (κ2) is 6.53. The van der Waals surface area contributed by atoms with Crippen molar-refractivity contribution in [2.45, 2.75) is 6.16 Å². The highest BCUT2D eigenvalue weighted by atomic mass is 31.2. The molecule has 0 aliphatic heterocycles. The number of methoxy groups -OCH3 is 1. The summed E-state index contributed by atoms with van der Waals surface area (Å²) in [6, 6.07) is 18.7. The van der Waals surface area contributed by atoms with Crippen molar-refractivity contribution in [2.24, 2.45) is 0 Å². The molecule has 1 atom stereocenters. The highest BCUT2D eigenvalue weighted by Gasteiger charge is 2.28. The third kappa shape index (κ3) is 3.58. The Morgan fingerprint density at radius 1 is 1.00 bits per heavy atom. The van der Waals surface area contributed by atoms with Gasteiger partial charge in [-0.3, -0.25) is 4.79 Å². The quantitative estimate of drug-likeness (QED) is 0.627. The predicted octanol–water partition coefficient (Wildman–Crippen LogP) is 3.05. The molecule has 20 heavy (non-hydrogen) atoms. The van der Waals surface area contributed by atoms with Gasteiger partial charge < -0.3 is 9.30 Å². The summed E-state index contributed by atoms with van der Waals surface area (Å²) in [4.78, 5) is 11.6. The lowest BCUT2D eigenvalue weighted by atomic mass is 10.2. The number of carbonyl (C=O) groups is 1. The molecule has 0 aliphatic rings. The summed E-state index contributed by atoms with van der Waals surface area (Å²) in [5.41, 5.74) is 0.962. The second-order valence-corrected chi connectivity index (χ2v) is 7.53. The number of ether oxygens (including phenoxy) is 1. The summed E-state index contributed by atoms with van der Waals surface area (Å²) in [7, 11) is -1.52. The van der Waals surface area contributed by atoms with Crippen LogP contribution < -0.4 is 5.30 Å². The highest BCUT2D eigenvalue weighted by Crippen LogP contribution is 2.47. The van der Waals surface area contributed by atoms with Gasteiger partial charge in [0, 0.05) is 11.5 Å². The Balaban J connectivity index is 2.34. The number of benzene rings is 2. The van der Waals surface area contributed by atoms with Crippen LogP contribution in [0.3, 0.4) is 0 Å². The van der Waals surface area contributed by atoms with E-state index in [1.54, 1.807) is 0 Å². The Hall–Kier alpha value is -1.86. The second-order valence-electron chi connectivity index (χ2n) is 4.60. The minimum absolute atomic E-state index is 0.0671. The van der Waals surface area contributed by atoms with Crippen LogP contribution in [-0.2, 0) is 20.3 Å². The summed E-state index contributed by atoms with van der Waals surface area (Å²) < 4.78 is 17.9. The number of carbonyl (C=O) groups excluding carboxylic acids is 1. The molecule has 2 aromatic rings. The van der Waals surface area contributed by atoms with E-state index in [9.17, 15) is 9.36 Å². The molecule has 0 spiro atoms. The van der Waals surface area contributed by atoms with Crippen LogP contribution in [0.4, 0.5) is 0 Å². The maximum absolute atomic E-state index is 13.3. The minimum atomic E-state index is -2.84. The van der Waals surface area contributed by atoms with Crippen molar-refractivity contribution in [3.8, 4) is 0 Å². The summed E-state index contributed by atoms with van der Waals surface area (Å²) >= 11 is 0. The van der Waals surface area contributed by atoms with E-state index in [4.69, 9.17) is 4.74 Å². The minimum Gasteiger partial charge on any atom is -0.469 e. The van der Waals surface area contributed by atoms with Gasteiger partial charge in [0.1, 0.15) is 13.3 Å². The summed E-state index contributed by atoms with van der Waals surface area (Å²) in [6.07, 6.45) is 0.301. The van der Waals surface area contributed by atoms with Crippen molar-refractivity contribution in [3.63, 3.8) is 0 Å². The first-order valence-corrected chi connectivity index (χ1v) is 8.46. The van der Waals surface area contributed by atoms with E-state index in [1.807, 2.05) is 60.7 Å². The predicted molar refractivity (Wildman–Crippen MR) is 80.7 cm³/mol. The van der Waals surface area contributed by atoms with Crippen molar-refractivity contribution in [1.82, 2.24) is 0 Å². The Morgan fingerprint density at radius 2 is 1.55 bits per heavy atom. The molecule has 0 heterocycles. The first-order valence-electron chi connectivity index (χ1n) is 6.38. The van der Waals surface area contributed by atoms with Gasteiger partial charge in [0.25, 0.3) is 0 Å². The van der Waals surface area contributed by atoms with E-state index in [-0.39, 0.29) is 6.16 Å². The molecule has 0 radical (unpaired) electrons. The Labute approximate surface area is 119 Å². The average molecular weight is 288 g/mol. The van der Waals surface area contributed by atoms with Gasteiger partial charge in [-0.2, -0.15) is 0 Å². The molecule has 0 bridgehead atoms. The number of esters is 1. The van der Waals surface area contributed by atoms with Crippen LogP contribution in [0.5, 0.6) is 0 Å². The third-order valence-corrected chi connectivity index (χ3v) is 6.00. The first kappa shape index (κ1) is 14.5. The zero-order valence-electron chi connectivity index (χ0n) is 11.4. The van der Waals surface area contributed by atoms with Crippen LogP contribution in [0.2, 0.25) is 0 Å². The lowest BCUT2D eigenvalue weighted by Gasteiger charge is -2.17. The molecule has 2 rings (SSSR count). The van der Waals surface area contributed by atoms with Crippen LogP contribution in [0.1, 0.15) is 5.56 Å². The fourth-order valence-corrected chi connectivity index (χ4v) is 4.63. The number of hydrogen-bond acceptors (Lipinski definition) is 3. The summed E-state index contributed by atoms with van der Waals surface area (Å²) in [5, 5.41) is 0.717. The Kier molecular flexibility index (Phi) is 4.75. The largest absolute Gasteiger partial charge is 0.469 e. The Morgan fingerprint density at radius 3 is 2.10 bits per heavy atom. The zero-order valence-corrected chi connectivity index (χ0v) is 12.3. The average Bonchev–Trinajstić information content (AvgIpc) is 2.49. The lowest BCUT2D eigenvalue weighted by molar-refractivity contribution is -0.137. The molecule has 104 valence electrons. The van der Waals surface area contributed by atoms with Crippen molar-refractivity contribution in [2.75, 3.05) is 13.3 Å². The van der Waals surface area contributed by atoms with Gasteiger partial charge in [-0.25, -0.2) is 0 Å². The standard InChI is InChI=1S/C16H17O3P/c1-19-16(17)13-20(18,15-10-6-3-7-11-15)12-14-8-4-2-5-9-14/h2-11H,12-13H2,1H3. The molecule has 2 aromatic carbocycles. The van der Waals surface area contributed by atoms with E-state index in [1.165, 1.54) is 7.11 Å². The smallest absolute Gasteiger partial charge is 0.313 e. The van der Waals surface area contributed by atoms with Gasteiger partial charge in [0.05, 0.1) is 7.11 Å². The van der Waals surface area contributed by atoms with Gasteiger partial charge in [-0.1, -0.05) is 60.7 Å². The van der Waals surface area contributed by atoms with E-state index >= 15 is 0 Å². The fourth-order valence-electron chi connectivity index (χ4n) is 2.09. The first-order chi connectivity index (χ1) is 9.64. The van der Waals surface area contributed by atoms with E-state index < -0.39 is 13.1 Å². The monoisotopic (exact) mass is 288 g/mol. The molecule has 0 aromatic heterocycles. The molecule has 0 amide bonds. The van der Waals surface area contributed by atoms with Crippen LogP contribution in [0, 0.1) is 0 Å². The number of rotatable bonds is 5. The maximum Gasteiger partial charge on any atom is 0.313 e. The molecule has 1 unspecified atom stereocenters. The summed E-state index contributed by atoms with van der Waals surface area (Å²) in [6.45, 7) is 0. The third-order valence-electron chi connectivity index (χ3n) is 3.12. The Bertz CT molecular complexity index is 608. The number of hydrogen-bond donors (Lipinski definition) is 0. The van der Waals surface area contributed by atoms with E-state index in [0.717, 1.165) is 5.56 Å². The normalized spacial score (nSPS) is 13.4. The van der Waals surface area contributed by atoms with Gasteiger partial charge in [-0.15, -0.1) is 0 Å². The van der Waals surface area contributed by atoms with Crippen molar-refractivity contribution < 1.29 is 14.1 Å². The molecule has 0 saturated heterocycles. The molecule has 3 nitrogen and oxygen atoms in total. The fraction of sp³-hybridized carbons (Fsp3) is 0.188. The van der Waals surface area contributed by atoms with E-state index in [0.29, 0.717) is 11.5 Å². The molecular weight excluding hydrogens is 271 g/mol. The van der Waals surface area contributed by atoms with Crippen LogP contribution in [0.15, 0.2) is 60.7 Å². The topological polar surface area (TPSA) is 43.4 Å². The highest BCUT2D eigenvalue weighted by molar-refractivity contribution is 7.71. The molecule has 4 heteroatoms. The zero-order chi connectivity index (χ0) is 14.4.